The van der Waals surface area contributed by atoms with Crippen molar-refractivity contribution in [3.8, 4) is 5.75 Å². The van der Waals surface area contributed by atoms with Crippen LogP contribution in [0.5, 0.6) is 5.75 Å². The first-order chi connectivity index (χ1) is 17.1. The minimum absolute atomic E-state index is 0.115. The Labute approximate surface area is 207 Å². The summed E-state index contributed by atoms with van der Waals surface area (Å²) in [6.45, 7) is 3.05. The molecule has 0 atom stereocenters. The van der Waals surface area contributed by atoms with Crippen LogP contribution in [0.4, 0.5) is 5.69 Å². The van der Waals surface area contributed by atoms with Crippen LogP contribution < -0.4 is 9.64 Å². The largest absolute Gasteiger partial charge is 0.494 e. The van der Waals surface area contributed by atoms with Gasteiger partial charge in [0.15, 0.2) is 0 Å². The summed E-state index contributed by atoms with van der Waals surface area (Å²) in [6.07, 6.45) is 0.444. The lowest BCUT2D eigenvalue weighted by molar-refractivity contribution is 0.0610. The molecule has 1 aromatic heterocycles. The predicted octanol–water partition coefficient (Wildman–Crippen LogP) is 5.63. The highest BCUT2D eigenvalue weighted by Gasteiger charge is 2.32. The minimum Gasteiger partial charge on any atom is -0.494 e. The fourth-order valence-corrected chi connectivity index (χ4v) is 5.11. The summed E-state index contributed by atoms with van der Waals surface area (Å²) in [5, 5.41) is 3.46. The van der Waals surface area contributed by atoms with Gasteiger partial charge in [0, 0.05) is 35.3 Å². The number of benzene rings is 3. The van der Waals surface area contributed by atoms with E-state index in [2.05, 4.69) is 0 Å². The van der Waals surface area contributed by atoms with Gasteiger partial charge in [-0.3, -0.25) is 19.3 Å². The monoisotopic (exact) mass is 484 g/mol. The van der Waals surface area contributed by atoms with E-state index in [9.17, 15) is 14.4 Å². The average molecular weight is 485 g/mol. The second kappa shape index (κ2) is 9.72. The molecule has 0 spiro atoms. The molecule has 0 radical (unpaired) electrons. The lowest BCUT2D eigenvalue weighted by Gasteiger charge is -2.28. The Morgan fingerprint density at radius 2 is 1.60 bits per heavy atom. The summed E-state index contributed by atoms with van der Waals surface area (Å²) in [5.74, 6) is 0.0284. The van der Waals surface area contributed by atoms with Crippen molar-refractivity contribution in [3.05, 3.63) is 94.2 Å². The number of hydrogen-bond acceptors (Lipinski definition) is 5. The topological polar surface area (TPSA) is 66.9 Å². The molecule has 3 aromatic carbocycles. The third-order valence-corrected chi connectivity index (χ3v) is 6.91. The van der Waals surface area contributed by atoms with Crippen molar-refractivity contribution in [3.63, 3.8) is 0 Å². The van der Waals surface area contributed by atoms with E-state index in [1.54, 1.807) is 23.1 Å². The summed E-state index contributed by atoms with van der Waals surface area (Å²) < 4.78 is 5.53. The summed E-state index contributed by atoms with van der Waals surface area (Å²) in [6, 6.07) is 22.0. The normalized spacial score (nSPS) is 12.8. The molecule has 6 nitrogen and oxygen atoms in total. The highest BCUT2D eigenvalue weighted by atomic mass is 32.1. The second-order valence-electron chi connectivity index (χ2n) is 8.19. The number of rotatable bonds is 8. The molecule has 7 heteroatoms. The van der Waals surface area contributed by atoms with Crippen molar-refractivity contribution in [1.82, 2.24) is 4.90 Å². The lowest BCUT2D eigenvalue weighted by atomic mass is 9.94. The molecule has 0 aliphatic carbocycles. The van der Waals surface area contributed by atoms with Gasteiger partial charge in [0.25, 0.3) is 17.7 Å². The van der Waals surface area contributed by atoms with E-state index in [1.165, 1.54) is 16.2 Å². The van der Waals surface area contributed by atoms with Gasteiger partial charge in [-0.1, -0.05) is 30.3 Å². The lowest BCUT2D eigenvalue weighted by Crippen LogP contribution is -2.42. The van der Waals surface area contributed by atoms with Gasteiger partial charge < -0.3 is 9.64 Å². The van der Waals surface area contributed by atoms with E-state index in [0.717, 1.165) is 16.8 Å². The van der Waals surface area contributed by atoms with E-state index >= 15 is 0 Å². The molecule has 0 fully saturated rings. The van der Waals surface area contributed by atoms with Gasteiger partial charge in [-0.2, -0.15) is 0 Å². The summed E-state index contributed by atoms with van der Waals surface area (Å²) >= 11 is 1.38. The summed E-state index contributed by atoms with van der Waals surface area (Å²) in [7, 11) is 0. The van der Waals surface area contributed by atoms with Crippen LogP contribution in [0.15, 0.2) is 78.2 Å². The van der Waals surface area contributed by atoms with E-state index in [0.29, 0.717) is 41.0 Å². The zero-order chi connectivity index (χ0) is 24.4. The predicted molar refractivity (Wildman–Crippen MR) is 138 cm³/mol. The molecule has 5 rings (SSSR count). The van der Waals surface area contributed by atoms with Crippen LogP contribution in [0.25, 0.3) is 10.8 Å². The number of hydrogen-bond donors (Lipinski definition) is 0. The second-order valence-corrected chi connectivity index (χ2v) is 9.13. The Bertz CT molecular complexity index is 1350. The van der Waals surface area contributed by atoms with Crippen LogP contribution in [-0.2, 0) is 0 Å². The zero-order valence-electron chi connectivity index (χ0n) is 19.3. The van der Waals surface area contributed by atoms with Gasteiger partial charge in [0.1, 0.15) is 5.75 Å². The van der Waals surface area contributed by atoms with Crippen LogP contribution >= 0.6 is 11.3 Å². The molecule has 35 heavy (non-hydrogen) atoms. The van der Waals surface area contributed by atoms with Crippen LogP contribution in [-0.4, -0.2) is 42.3 Å². The molecular formula is C28H24N2O4S. The van der Waals surface area contributed by atoms with Crippen molar-refractivity contribution in [2.45, 2.75) is 13.3 Å². The molecule has 1 aliphatic rings. The van der Waals surface area contributed by atoms with Crippen LogP contribution in [0.3, 0.4) is 0 Å². The number of imide groups is 1. The standard InChI is InChI=1S/C28H24N2O4S/c1-2-34-21-14-12-20(13-15-21)29(28(33)24-11-5-18-35-24)16-6-17-30-26(31)22-9-3-7-19-8-4-10-23(25(19)22)27(30)32/h3-5,7-15,18H,2,6,16-17H2,1H3. The number of amides is 3. The quantitative estimate of drug-likeness (QED) is 0.304. The Morgan fingerprint density at radius 3 is 2.20 bits per heavy atom. The van der Waals surface area contributed by atoms with Crippen molar-refractivity contribution in [1.29, 1.82) is 0 Å². The first kappa shape index (κ1) is 22.8. The van der Waals surface area contributed by atoms with Crippen molar-refractivity contribution in [2.75, 3.05) is 24.6 Å². The van der Waals surface area contributed by atoms with E-state index < -0.39 is 0 Å². The Balaban J connectivity index is 1.36. The Morgan fingerprint density at radius 1 is 0.914 bits per heavy atom. The molecule has 2 heterocycles. The molecule has 1 aliphatic heterocycles. The van der Waals surface area contributed by atoms with Gasteiger partial charge in [-0.15, -0.1) is 11.3 Å². The number of nitrogens with zero attached hydrogens (tertiary/aromatic N) is 2. The molecular weight excluding hydrogens is 460 g/mol. The van der Waals surface area contributed by atoms with E-state index in [4.69, 9.17) is 4.74 Å². The number of anilines is 1. The molecule has 3 amide bonds. The highest BCUT2D eigenvalue weighted by molar-refractivity contribution is 7.12. The molecule has 0 unspecified atom stereocenters. The zero-order valence-corrected chi connectivity index (χ0v) is 20.1. The molecule has 0 N–H and O–H groups in total. The van der Waals surface area contributed by atoms with E-state index in [-0.39, 0.29) is 24.3 Å². The number of carbonyl (C=O) groups is 3. The highest BCUT2D eigenvalue weighted by Crippen LogP contribution is 2.30. The van der Waals surface area contributed by atoms with Crippen molar-refractivity contribution >= 4 is 45.5 Å². The number of thiophene rings is 1. The van der Waals surface area contributed by atoms with Crippen LogP contribution in [0.2, 0.25) is 0 Å². The molecule has 0 bridgehead atoms. The maximum absolute atomic E-state index is 13.3. The van der Waals surface area contributed by atoms with Crippen molar-refractivity contribution < 1.29 is 19.1 Å². The molecule has 4 aromatic rings. The summed E-state index contributed by atoms with van der Waals surface area (Å²) in [4.78, 5) is 43.3. The Hall–Kier alpha value is -3.97. The maximum Gasteiger partial charge on any atom is 0.268 e. The SMILES string of the molecule is CCOc1ccc(N(CCCN2C(=O)c3cccc4cccc(c34)C2=O)C(=O)c2cccs2)cc1. The number of carbonyl (C=O) groups excluding carboxylic acids is 3. The fraction of sp³-hybridized carbons (Fsp3) is 0.179. The van der Waals surface area contributed by atoms with Gasteiger partial charge in [0.2, 0.25) is 0 Å². The smallest absolute Gasteiger partial charge is 0.268 e. The average Bonchev–Trinajstić information content (AvgIpc) is 3.42. The van der Waals surface area contributed by atoms with Crippen LogP contribution in [0.1, 0.15) is 43.7 Å². The van der Waals surface area contributed by atoms with Gasteiger partial charge >= 0.3 is 0 Å². The van der Waals surface area contributed by atoms with Crippen molar-refractivity contribution in [2.24, 2.45) is 0 Å². The number of ether oxygens (including phenoxy) is 1. The van der Waals surface area contributed by atoms with Gasteiger partial charge in [0.05, 0.1) is 11.5 Å². The third kappa shape index (κ3) is 4.31. The van der Waals surface area contributed by atoms with Gasteiger partial charge in [-0.05, 0) is 66.6 Å². The molecule has 176 valence electrons. The first-order valence-electron chi connectivity index (χ1n) is 11.5. The maximum atomic E-state index is 13.3. The van der Waals surface area contributed by atoms with Gasteiger partial charge in [-0.25, -0.2) is 0 Å². The molecule has 0 saturated carbocycles. The minimum atomic E-state index is -0.295. The fourth-order valence-electron chi connectivity index (χ4n) is 4.44. The first-order valence-corrected chi connectivity index (χ1v) is 12.4. The van der Waals surface area contributed by atoms with E-state index in [1.807, 2.05) is 66.9 Å². The van der Waals surface area contributed by atoms with Crippen LogP contribution in [0, 0.1) is 0 Å². The summed E-state index contributed by atoms with van der Waals surface area (Å²) in [5.41, 5.74) is 1.81. The Kier molecular flexibility index (Phi) is 6.33. The molecule has 0 saturated heterocycles. The third-order valence-electron chi connectivity index (χ3n) is 6.06.